The Kier molecular flexibility index (Phi) is 5.60. The number of rotatable bonds is 4. The minimum atomic E-state index is -3.70. The molecule has 0 saturated carbocycles. The summed E-state index contributed by atoms with van der Waals surface area (Å²) in [5.74, 6) is -0.186. The van der Waals surface area contributed by atoms with E-state index in [4.69, 9.17) is 0 Å². The molecule has 1 heterocycles. The molecule has 6 nitrogen and oxygen atoms in total. The Morgan fingerprint density at radius 1 is 1.18 bits per heavy atom. The molecule has 0 aliphatic carbocycles. The first-order chi connectivity index (χ1) is 10.3. The third-order valence-electron chi connectivity index (χ3n) is 3.64. The second kappa shape index (κ2) is 7.08. The number of amides is 1. The van der Waals surface area contributed by atoms with Crippen LogP contribution < -0.4 is 4.72 Å². The first-order valence-corrected chi connectivity index (χ1v) is 9.32. The summed E-state index contributed by atoms with van der Waals surface area (Å²) >= 11 is 3.26. The van der Waals surface area contributed by atoms with E-state index in [2.05, 4.69) is 25.6 Å². The van der Waals surface area contributed by atoms with Crippen LogP contribution in [0.3, 0.4) is 0 Å². The van der Waals surface area contributed by atoms with Gasteiger partial charge in [-0.05, 0) is 38.2 Å². The van der Waals surface area contributed by atoms with Gasteiger partial charge in [0.15, 0.2) is 0 Å². The van der Waals surface area contributed by atoms with E-state index in [1.807, 2.05) is 7.05 Å². The van der Waals surface area contributed by atoms with Crippen LogP contribution >= 0.6 is 15.9 Å². The van der Waals surface area contributed by atoms with Crippen molar-refractivity contribution in [3.8, 4) is 0 Å². The van der Waals surface area contributed by atoms with Crippen LogP contribution in [-0.2, 0) is 14.8 Å². The lowest BCUT2D eigenvalue weighted by atomic mass is 10.2. The highest BCUT2D eigenvalue weighted by molar-refractivity contribution is 9.10. The zero-order chi connectivity index (χ0) is 16.3. The van der Waals surface area contributed by atoms with Gasteiger partial charge in [0, 0.05) is 30.7 Å². The standard InChI is InChI=1S/C14H20BrN3O3S/c1-11(14(19)18-9-7-17(2)8-10-18)16-22(20,21)13-5-3-12(15)4-6-13/h3-6,11,16H,7-10H2,1-2H3/t11-/m1/s1. The Morgan fingerprint density at radius 3 is 2.27 bits per heavy atom. The maximum absolute atomic E-state index is 12.3. The van der Waals surface area contributed by atoms with E-state index in [0.717, 1.165) is 17.6 Å². The van der Waals surface area contributed by atoms with Gasteiger partial charge in [0.1, 0.15) is 0 Å². The number of halogens is 1. The second-order valence-electron chi connectivity index (χ2n) is 5.43. The molecule has 122 valence electrons. The molecule has 2 rings (SSSR count). The van der Waals surface area contributed by atoms with Crippen molar-refractivity contribution >= 4 is 31.9 Å². The highest BCUT2D eigenvalue weighted by atomic mass is 79.9. The SMILES string of the molecule is C[C@@H](NS(=O)(=O)c1ccc(Br)cc1)C(=O)N1CCN(C)CC1. The lowest BCUT2D eigenvalue weighted by molar-refractivity contribution is -0.134. The number of sulfonamides is 1. The first kappa shape index (κ1) is 17.4. The van der Waals surface area contributed by atoms with Gasteiger partial charge in [-0.1, -0.05) is 15.9 Å². The third-order valence-corrected chi connectivity index (χ3v) is 5.73. The molecule has 1 fully saturated rings. The Balaban J connectivity index is 2.02. The second-order valence-corrected chi connectivity index (χ2v) is 8.06. The Labute approximate surface area is 139 Å². The fourth-order valence-electron chi connectivity index (χ4n) is 2.27. The zero-order valence-electron chi connectivity index (χ0n) is 12.6. The third kappa shape index (κ3) is 4.28. The van der Waals surface area contributed by atoms with Gasteiger partial charge in [0.2, 0.25) is 15.9 Å². The fourth-order valence-corrected chi connectivity index (χ4v) is 3.73. The van der Waals surface area contributed by atoms with Crippen LogP contribution in [0, 0.1) is 0 Å². The zero-order valence-corrected chi connectivity index (χ0v) is 15.0. The lowest BCUT2D eigenvalue weighted by Gasteiger charge is -2.34. The highest BCUT2D eigenvalue weighted by Gasteiger charge is 2.27. The average Bonchev–Trinajstić information content (AvgIpc) is 2.47. The quantitative estimate of drug-likeness (QED) is 0.829. The number of benzene rings is 1. The van der Waals surface area contributed by atoms with Gasteiger partial charge in [0.05, 0.1) is 10.9 Å². The summed E-state index contributed by atoms with van der Waals surface area (Å²) in [6.07, 6.45) is 0. The van der Waals surface area contributed by atoms with Crippen molar-refractivity contribution in [2.24, 2.45) is 0 Å². The molecular weight excluding hydrogens is 370 g/mol. The van der Waals surface area contributed by atoms with Crippen molar-refractivity contribution in [1.82, 2.24) is 14.5 Å². The Morgan fingerprint density at radius 2 is 1.73 bits per heavy atom. The fraction of sp³-hybridized carbons (Fsp3) is 0.500. The largest absolute Gasteiger partial charge is 0.339 e. The summed E-state index contributed by atoms with van der Waals surface area (Å²) < 4.78 is 27.8. The monoisotopic (exact) mass is 389 g/mol. The molecule has 1 amide bonds. The summed E-state index contributed by atoms with van der Waals surface area (Å²) in [6, 6.07) is 5.53. The number of carbonyl (C=O) groups is 1. The van der Waals surface area contributed by atoms with Gasteiger partial charge in [-0.15, -0.1) is 0 Å². The van der Waals surface area contributed by atoms with Crippen LogP contribution in [0.2, 0.25) is 0 Å². The molecule has 1 saturated heterocycles. The van der Waals surface area contributed by atoms with Gasteiger partial charge in [-0.2, -0.15) is 4.72 Å². The summed E-state index contributed by atoms with van der Waals surface area (Å²) in [7, 11) is -1.70. The summed E-state index contributed by atoms with van der Waals surface area (Å²) in [5, 5.41) is 0. The number of hydrogen-bond donors (Lipinski definition) is 1. The molecular formula is C14H20BrN3O3S. The van der Waals surface area contributed by atoms with Crippen LogP contribution in [-0.4, -0.2) is 63.4 Å². The van der Waals surface area contributed by atoms with Crippen LogP contribution in [0.4, 0.5) is 0 Å². The van der Waals surface area contributed by atoms with Crippen LogP contribution in [0.25, 0.3) is 0 Å². The molecule has 0 aromatic heterocycles. The van der Waals surface area contributed by atoms with Crippen molar-refractivity contribution in [1.29, 1.82) is 0 Å². The van der Waals surface area contributed by atoms with Crippen molar-refractivity contribution in [3.05, 3.63) is 28.7 Å². The minimum absolute atomic E-state index is 0.147. The Hall–Kier alpha value is -0.960. The van der Waals surface area contributed by atoms with Crippen molar-refractivity contribution in [2.75, 3.05) is 33.2 Å². The maximum atomic E-state index is 12.3. The molecule has 0 spiro atoms. The number of piperazine rings is 1. The van der Waals surface area contributed by atoms with E-state index < -0.39 is 16.1 Å². The van der Waals surface area contributed by atoms with Gasteiger partial charge in [-0.25, -0.2) is 8.42 Å². The average molecular weight is 390 g/mol. The summed E-state index contributed by atoms with van der Waals surface area (Å²) in [6.45, 7) is 4.44. The van der Waals surface area contributed by atoms with E-state index in [1.54, 1.807) is 24.0 Å². The predicted octanol–water partition coefficient (Wildman–Crippen LogP) is 0.890. The normalized spacial score (nSPS) is 18.2. The smallest absolute Gasteiger partial charge is 0.241 e. The minimum Gasteiger partial charge on any atom is -0.339 e. The van der Waals surface area contributed by atoms with Gasteiger partial charge < -0.3 is 9.80 Å². The summed E-state index contributed by atoms with van der Waals surface area (Å²) in [4.78, 5) is 16.3. The van der Waals surface area contributed by atoms with Gasteiger partial charge in [-0.3, -0.25) is 4.79 Å². The molecule has 22 heavy (non-hydrogen) atoms. The van der Waals surface area contributed by atoms with Gasteiger partial charge in [0.25, 0.3) is 0 Å². The molecule has 1 aromatic carbocycles. The molecule has 0 radical (unpaired) electrons. The maximum Gasteiger partial charge on any atom is 0.241 e. The molecule has 0 unspecified atom stereocenters. The number of carbonyl (C=O) groups excluding carboxylic acids is 1. The molecule has 1 aromatic rings. The van der Waals surface area contributed by atoms with E-state index in [9.17, 15) is 13.2 Å². The molecule has 1 N–H and O–H groups in total. The number of hydrogen-bond acceptors (Lipinski definition) is 4. The van der Waals surface area contributed by atoms with Crippen molar-refractivity contribution in [2.45, 2.75) is 17.9 Å². The van der Waals surface area contributed by atoms with E-state index in [0.29, 0.717) is 13.1 Å². The van der Waals surface area contributed by atoms with Crippen LogP contribution in [0.15, 0.2) is 33.6 Å². The molecule has 8 heteroatoms. The van der Waals surface area contributed by atoms with Crippen molar-refractivity contribution < 1.29 is 13.2 Å². The van der Waals surface area contributed by atoms with Crippen molar-refractivity contribution in [3.63, 3.8) is 0 Å². The van der Waals surface area contributed by atoms with Crippen LogP contribution in [0.5, 0.6) is 0 Å². The first-order valence-electron chi connectivity index (χ1n) is 7.05. The lowest BCUT2D eigenvalue weighted by Crippen LogP contribution is -2.53. The predicted molar refractivity (Wildman–Crippen MR) is 88.0 cm³/mol. The molecule has 0 bridgehead atoms. The number of likely N-dealkylation sites (N-methyl/N-ethyl adjacent to an activating group) is 1. The van der Waals surface area contributed by atoms with Gasteiger partial charge >= 0.3 is 0 Å². The number of nitrogens with zero attached hydrogens (tertiary/aromatic N) is 2. The van der Waals surface area contributed by atoms with E-state index >= 15 is 0 Å². The van der Waals surface area contributed by atoms with Crippen LogP contribution in [0.1, 0.15) is 6.92 Å². The Bertz CT molecular complexity index is 625. The molecule has 1 atom stereocenters. The topological polar surface area (TPSA) is 69.7 Å². The highest BCUT2D eigenvalue weighted by Crippen LogP contribution is 2.15. The number of nitrogens with one attached hydrogen (secondary N) is 1. The van der Waals surface area contributed by atoms with E-state index in [-0.39, 0.29) is 10.8 Å². The van der Waals surface area contributed by atoms with E-state index in [1.165, 1.54) is 12.1 Å². The molecule has 1 aliphatic rings. The molecule has 1 aliphatic heterocycles. The summed E-state index contributed by atoms with van der Waals surface area (Å²) in [5.41, 5.74) is 0.